The van der Waals surface area contributed by atoms with Crippen molar-refractivity contribution in [2.75, 3.05) is 18.9 Å². The van der Waals surface area contributed by atoms with Gasteiger partial charge in [0.1, 0.15) is 4.88 Å². The van der Waals surface area contributed by atoms with Gasteiger partial charge in [0.15, 0.2) is 4.34 Å². The fourth-order valence-electron chi connectivity index (χ4n) is 1.43. The van der Waals surface area contributed by atoms with Crippen LogP contribution in [0.15, 0.2) is 4.34 Å². The summed E-state index contributed by atoms with van der Waals surface area (Å²) >= 11 is 2.35. The Kier molecular flexibility index (Phi) is 7.69. The number of carbonyl (C=O) groups is 2. The predicted octanol–water partition coefficient (Wildman–Crippen LogP) is 2.17. The average Bonchev–Trinajstić information content (AvgIpc) is 2.77. The summed E-state index contributed by atoms with van der Waals surface area (Å²) in [7, 11) is 0. The van der Waals surface area contributed by atoms with E-state index in [1.165, 1.54) is 11.8 Å². The molecule has 1 rings (SSSR count). The number of nitrogens with one attached hydrogen (secondary N) is 1. The van der Waals surface area contributed by atoms with Gasteiger partial charge in [-0.2, -0.15) is 0 Å². The van der Waals surface area contributed by atoms with Gasteiger partial charge in [0.25, 0.3) is 0 Å². The van der Waals surface area contributed by atoms with Crippen LogP contribution in [0, 0.1) is 6.92 Å². The van der Waals surface area contributed by atoms with Crippen molar-refractivity contribution in [3.8, 4) is 0 Å². The van der Waals surface area contributed by atoms with E-state index >= 15 is 0 Å². The van der Waals surface area contributed by atoms with Crippen LogP contribution in [0.4, 0.5) is 0 Å². The molecule has 0 bridgehead atoms. The summed E-state index contributed by atoms with van der Waals surface area (Å²) in [6.45, 7) is 6.79. The van der Waals surface area contributed by atoms with Gasteiger partial charge in [0.2, 0.25) is 5.91 Å². The van der Waals surface area contributed by atoms with Crippen molar-refractivity contribution < 1.29 is 19.4 Å². The molecule has 0 aliphatic rings. The molecule has 1 heterocycles. The third-order valence-electron chi connectivity index (χ3n) is 2.39. The number of amides is 1. The first-order valence-electron chi connectivity index (χ1n) is 6.62. The first kappa shape index (κ1) is 17.9. The maximum Gasteiger partial charge on any atom is 0.347 e. The van der Waals surface area contributed by atoms with E-state index in [0.29, 0.717) is 23.2 Å². The van der Waals surface area contributed by atoms with E-state index in [1.807, 2.05) is 13.8 Å². The van der Waals surface area contributed by atoms with Crippen molar-refractivity contribution in [1.82, 2.24) is 10.3 Å². The van der Waals surface area contributed by atoms with Crippen LogP contribution in [-0.4, -0.2) is 47.0 Å². The monoisotopic (exact) mass is 332 g/mol. The van der Waals surface area contributed by atoms with Crippen LogP contribution < -0.4 is 5.32 Å². The molecule has 0 spiro atoms. The molecule has 118 valence electrons. The quantitative estimate of drug-likeness (QED) is 0.532. The Labute approximate surface area is 132 Å². The molecule has 0 aliphatic carbocycles. The third-order valence-corrected chi connectivity index (χ3v) is 4.68. The summed E-state index contributed by atoms with van der Waals surface area (Å²) in [6.07, 6.45) is 0.974. The van der Waals surface area contributed by atoms with Crippen LogP contribution in [0.2, 0.25) is 0 Å². The van der Waals surface area contributed by atoms with E-state index in [9.17, 15) is 9.59 Å². The highest BCUT2D eigenvalue weighted by Crippen LogP contribution is 2.26. The smallest absolute Gasteiger partial charge is 0.347 e. The molecule has 0 saturated carbocycles. The van der Waals surface area contributed by atoms with Crippen LogP contribution in [0.3, 0.4) is 0 Å². The van der Waals surface area contributed by atoms with Gasteiger partial charge in [0.05, 0.1) is 17.6 Å². The molecule has 8 heteroatoms. The van der Waals surface area contributed by atoms with Gasteiger partial charge in [-0.05, 0) is 27.2 Å². The minimum atomic E-state index is -0.980. The highest BCUT2D eigenvalue weighted by Gasteiger charge is 2.14. The van der Waals surface area contributed by atoms with Crippen LogP contribution in [-0.2, 0) is 9.53 Å². The second-order valence-corrected chi connectivity index (χ2v) is 6.83. The topological polar surface area (TPSA) is 88.5 Å². The first-order valence-corrected chi connectivity index (χ1v) is 8.42. The fraction of sp³-hybridized carbons (Fsp3) is 0.615. The summed E-state index contributed by atoms with van der Waals surface area (Å²) < 4.78 is 5.97. The minimum Gasteiger partial charge on any atom is -0.477 e. The molecule has 0 saturated heterocycles. The lowest BCUT2D eigenvalue weighted by atomic mass is 10.4. The Balaban J connectivity index is 2.24. The Hall–Kier alpha value is -1.12. The molecular weight excluding hydrogens is 312 g/mol. The first-order chi connectivity index (χ1) is 9.90. The highest BCUT2D eigenvalue weighted by molar-refractivity contribution is 8.01. The van der Waals surface area contributed by atoms with E-state index < -0.39 is 5.97 Å². The number of carbonyl (C=O) groups excluding carboxylic acids is 1. The number of aromatic carboxylic acids is 1. The minimum absolute atomic E-state index is 0.0886. The van der Waals surface area contributed by atoms with E-state index in [0.717, 1.165) is 17.8 Å². The third kappa shape index (κ3) is 6.92. The average molecular weight is 332 g/mol. The Morgan fingerprint density at radius 2 is 2.19 bits per heavy atom. The second-order valence-electron chi connectivity index (χ2n) is 4.61. The number of nitrogens with zero attached hydrogens (tertiary/aromatic N) is 1. The molecule has 6 nitrogen and oxygen atoms in total. The zero-order chi connectivity index (χ0) is 15.8. The number of ether oxygens (including phenoxy) is 1. The number of aromatic nitrogens is 1. The van der Waals surface area contributed by atoms with E-state index in [-0.39, 0.29) is 22.6 Å². The van der Waals surface area contributed by atoms with Gasteiger partial charge < -0.3 is 15.2 Å². The number of carboxylic acid groups (broad SMARTS) is 1. The van der Waals surface area contributed by atoms with Crippen molar-refractivity contribution in [2.45, 2.75) is 37.6 Å². The number of carboxylic acids is 1. The SMILES string of the molecule is Cc1nc(SCC(=O)NCCCOC(C)C)sc1C(=O)O. The molecule has 1 aromatic rings. The summed E-state index contributed by atoms with van der Waals surface area (Å²) in [4.78, 5) is 26.9. The van der Waals surface area contributed by atoms with Crippen LogP contribution in [0.5, 0.6) is 0 Å². The fourth-order valence-corrected chi connectivity index (χ4v) is 3.29. The lowest BCUT2D eigenvalue weighted by Crippen LogP contribution is -2.27. The molecular formula is C13H20N2O4S2. The van der Waals surface area contributed by atoms with Crippen LogP contribution >= 0.6 is 23.1 Å². The molecule has 0 aliphatic heterocycles. The highest BCUT2D eigenvalue weighted by atomic mass is 32.2. The van der Waals surface area contributed by atoms with Gasteiger partial charge in [-0.15, -0.1) is 11.3 Å². The van der Waals surface area contributed by atoms with Crippen molar-refractivity contribution in [2.24, 2.45) is 0 Å². The summed E-state index contributed by atoms with van der Waals surface area (Å²) in [6, 6.07) is 0. The zero-order valence-corrected chi connectivity index (χ0v) is 14.0. The molecule has 0 radical (unpaired) electrons. The normalized spacial score (nSPS) is 10.9. The van der Waals surface area contributed by atoms with Gasteiger partial charge in [-0.3, -0.25) is 4.79 Å². The number of aryl methyl sites for hydroxylation is 1. The van der Waals surface area contributed by atoms with Crippen molar-refractivity contribution in [3.05, 3.63) is 10.6 Å². The Morgan fingerprint density at radius 1 is 1.48 bits per heavy atom. The van der Waals surface area contributed by atoms with Gasteiger partial charge in [-0.1, -0.05) is 11.8 Å². The second kappa shape index (κ2) is 9.01. The molecule has 0 fully saturated rings. The molecule has 0 aromatic carbocycles. The summed E-state index contributed by atoms with van der Waals surface area (Å²) in [5.41, 5.74) is 0.487. The number of thiazole rings is 1. The van der Waals surface area contributed by atoms with Gasteiger partial charge in [-0.25, -0.2) is 9.78 Å². The van der Waals surface area contributed by atoms with Crippen molar-refractivity contribution >= 4 is 35.0 Å². The number of thioether (sulfide) groups is 1. The molecule has 0 unspecified atom stereocenters. The zero-order valence-electron chi connectivity index (χ0n) is 12.3. The molecule has 2 N–H and O–H groups in total. The lowest BCUT2D eigenvalue weighted by molar-refractivity contribution is -0.118. The molecule has 21 heavy (non-hydrogen) atoms. The number of rotatable bonds is 9. The number of hydrogen-bond donors (Lipinski definition) is 2. The van der Waals surface area contributed by atoms with Gasteiger partial charge in [0, 0.05) is 13.2 Å². The maximum atomic E-state index is 11.6. The molecule has 1 amide bonds. The largest absolute Gasteiger partial charge is 0.477 e. The lowest BCUT2D eigenvalue weighted by Gasteiger charge is -2.07. The van der Waals surface area contributed by atoms with Crippen molar-refractivity contribution in [3.63, 3.8) is 0 Å². The van der Waals surface area contributed by atoms with Gasteiger partial charge >= 0.3 is 5.97 Å². The summed E-state index contributed by atoms with van der Waals surface area (Å²) in [5, 5.41) is 11.7. The summed E-state index contributed by atoms with van der Waals surface area (Å²) in [5.74, 6) is -0.836. The number of hydrogen-bond acceptors (Lipinski definition) is 6. The van der Waals surface area contributed by atoms with Crippen LogP contribution in [0.1, 0.15) is 35.6 Å². The molecule has 1 aromatic heterocycles. The van der Waals surface area contributed by atoms with E-state index in [2.05, 4.69) is 10.3 Å². The van der Waals surface area contributed by atoms with E-state index in [4.69, 9.17) is 9.84 Å². The Bertz CT molecular complexity index is 489. The standard InChI is InChI=1S/C13H20N2O4S2/c1-8(2)19-6-4-5-14-10(16)7-20-13-15-9(3)11(21-13)12(17)18/h8H,4-7H2,1-3H3,(H,14,16)(H,17,18). The molecule has 0 atom stereocenters. The Morgan fingerprint density at radius 3 is 2.76 bits per heavy atom. The predicted molar refractivity (Wildman–Crippen MR) is 83.2 cm³/mol. The maximum absolute atomic E-state index is 11.6. The van der Waals surface area contributed by atoms with Crippen LogP contribution in [0.25, 0.3) is 0 Å². The van der Waals surface area contributed by atoms with E-state index in [1.54, 1.807) is 6.92 Å². The van der Waals surface area contributed by atoms with Crippen molar-refractivity contribution in [1.29, 1.82) is 0 Å².